The summed E-state index contributed by atoms with van der Waals surface area (Å²) in [5, 5.41) is 9.83. The number of carbonyl (C=O) groups is 1. The summed E-state index contributed by atoms with van der Waals surface area (Å²) in [4.78, 5) is 11.8. The molecule has 4 nitrogen and oxygen atoms in total. The van der Waals surface area contributed by atoms with Gasteiger partial charge < -0.3 is 16.0 Å². The van der Waals surface area contributed by atoms with Gasteiger partial charge in [-0.15, -0.1) is 11.8 Å². The Kier molecular flexibility index (Phi) is 5.45. The predicted molar refractivity (Wildman–Crippen MR) is 72.3 cm³/mol. The van der Waals surface area contributed by atoms with Crippen LogP contribution in [-0.2, 0) is 0 Å². The van der Waals surface area contributed by atoms with Gasteiger partial charge in [0.05, 0.1) is 5.37 Å². The van der Waals surface area contributed by atoms with E-state index < -0.39 is 0 Å². The molecule has 17 heavy (non-hydrogen) atoms. The number of amides is 2. The van der Waals surface area contributed by atoms with Crippen LogP contribution in [0.15, 0.2) is 0 Å². The van der Waals surface area contributed by atoms with E-state index in [-0.39, 0.29) is 6.03 Å². The van der Waals surface area contributed by atoms with Crippen LogP contribution in [0.3, 0.4) is 0 Å². The lowest BCUT2D eigenvalue weighted by Gasteiger charge is -2.24. The van der Waals surface area contributed by atoms with Crippen molar-refractivity contribution in [3.05, 3.63) is 0 Å². The molecule has 5 heteroatoms. The molecule has 3 N–H and O–H groups in total. The van der Waals surface area contributed by atoms with Crippen molar-refractivity contribution in [2.24, 2.45) is 0 Å². The van der Waals surface area contributed by atoms with E-state index in [0.717, 1.165) is 25.9 Å². The number of rotatable bonds is 2. The topological polar surface area (TPSA) is 53.2 Å². The molecule has 0 aromatic heterocycles. The Hall–Kier alpha value is -0.420. The summed E-state index contributed by atoms with van der Waals surface area (Å²) in [6.07, 6.45) is 7.16. The molecular weight excluding hydrogens is 234 g/mol. The van der Waals surface area contributed by atoms with Gasteiger partial charge in [-0.3, -0.25) is 0 Å². The second-order valence-corrected chi connectivity index (χ2v) is 6.18. The lowest BCUT2D eigenvalue weighted by molar-refractivity contribution is 0.235. The van der Waals surface area contributed by atoms with Gasteiger partial charge in [0.2, 0.25) is 0 Å². The number of hydrogen-bond acceptors (Lipinski definition) is 3. The molecule has 98 valence electrons. The average molecular weight is 257 g/mol. The first-order valence-corrected chi connectivity index (χ1v) is 7.79. The molecule has 0 aromatic rings. The van der Waals surface area contributed by atoms with Gasteiger partial charge in [-0.1, -0.05) is 6.42 Å². The van der Waals surface area contributed by atoms with Gasteiger partial charge in [0, 0.05) is 12.6 Å². The third kappa shape index (κ3) is 4.76. The van der Waals surface area contributed by atoms with Crippen LogP contribution in [0.5, 0.6) is 0 Å². The van der Waals surface area contributed by atoms with Gasteiger partial charge in [-0.25, -0.2) is 4.79 Å². The van der Waals surface area contributed by atoms with Crippen LogP contribution in [-0.4, -0.2) is 36.3 Å². The van der Waals surface area contributed by atoms with E-state index in [0.29, 0.717) is 11.4 Å². The van der Waals surface area contributed by atoms with Crippen molar-refractivity contribution in [1.82, 2.24) is 16.0 Å². The first-order chi connectivity index (χ1) is 8.34. The summed E-state index contributed by atoms with van der Waals surface area (Å²) in [6, 6.07) is 0.309. The Morgan fingerprint density at radius 1 is 1.12 bits per heavy atom. The molecule has 0 bridgehead atoms. The monoisotopic (exact) mass is 257 g/mol. The van der Waals surface area contributed by atoms with E-state index in [1.165, 1.54) is 31.4 Å². The van der Waals surface area contributed by atoms with Crippen molar-refractivity contribution in [2.75, 3.05) is 18.8 Å². The van der Waals surface area contributed by atoms with Gasteiger partial charge in [-0.2, -0.15) is 0 Å². The zero-order chi connectivity index (χ0) is 11.9. The smallest absolute Gasteiger partial charge is 0.315 e. The predicted octanol–water partition coefficient (Wildman–Crippen LogP) is 1.67. The molecule has 0 aromatic carbocycles. The molecule has 0 aliphatic carbocycles. The van der Waals surface area contributed by atoms with Crippen molar-refractivity contribution in [3.8, 4) is 0 Å². The summed E-state index contributed by atoms with van der Waals surface area (Å²) in [7, 11) is 0. The second kappa shape index (κ2) is 7.11. The van der Waals surface area contributed by atoms with Crippen molar-refractivity contribution in [3.63, 3.8) is 0 Å². The highest BCUT2D eigenvalue weighted by Gasteiger charge is 2.18. The zero-order valence-electron chi connectivity index (χ0n) is 10.3. The molecule has 2 fully saturated rings. The summed E-state index contributed by atoms with van der Waals surface area (Å²) in [5.41, 5.74) is 0. The highest BCUT2D eigenvalue weighted by molar-refractivity contribution is 7.99. The molecule has 2 unspecified atom stereocenters. The minimum atomic E-state index is 0.0121. The molecular formula is C12H23N3OS. The number of urea groups is 1. The molecule has 0 spiro atoms. The fourth-order valence-corrected chi connectivity index (χ4v) is 3.55. The molecule has 2 heterocycles. The maximum Gasteiger partial charge on any atom is 0.315 e. The Labute approximate surface area is 108 Å². The van der Waals surface area contributed by atoms with Crippen LogP contribution in [0.2, 0.25) is 0 Å². The number of thioether (sulfide) groups is 1. The number of carbonyl (C=O) groups excluding carboxylic acids is 1. The summed E-state index contributed by atoms with van der Waals surface area (Å²) < 4.78 is 0. The highest BCUT2D eigenvalue weighted by Crippen LogP contribution is 2.22. The first-order valence-electron chi connectivity index (χ1n) is 6.74. The Bertz CT molecular complexity index is 236. The van der Waals surface area contributed by atoms with Crippen molar-refractivity contribution < 1.29 is 4.79 Å². The molecule has 2 rings (SSSR count). The maximum atomic E-state index is 11.8. The third-order valence-corrected chi connectivity index (χ3v) is 4.63. The largest absolute Gasteiger partial charge is 0.334 e. The van der Waals surface area contributed by atoms with Gasteiger partial charge >= 0.3 is 6.03 Å². The third-order valence-electron chi connectivity index (χ3n) is 3.35. The van der Waals surface area contributed by atoms with Crippen molar-refractivity contribution >= 4 is 17.8 Å². The van der Waals surface area contributed by atoms with E-state index in [4.69, 9.17) is 0 Å². The fourth-order valence-electron chi connectivity index (χ4n) is 2.37. The van der Waals surface area contributed by atoms with E-state index in [2.05, 4.69) is 16.0 Å². The van der Waals surface area contributed by atoms with Crippen LogP contribution >= 0.6 is 11.8 Å². The molecule has 2 atom stereocenters. The molecule has 2 amide bonds. The SMILES string of the molecule is O=C(NC1CCCCNC1)NC1CCCCS1. The van der Waals surface area contributed by atoms with Crippen molar-refractivity contribution in [1.29, 1.82) is 0 Å². The van der Waals surface area contributed by atoms with Crippen LogP contribution in [0, 0.1) is 0 Å². The molecule has 2 aliphatic heterocycles. The van der Waals surface area contributed by atoms with Crippen LogP contribution < -0.4 is 16.0 Å². The zero-order valence-corrected chi connectivity index (χ0v) is 11.2. The molecule has 2 saturated heterocycles. The van der Waals surface area contributed by atoms with Crippen LogP contribution in [0.1, 0.15) is 38.5 Å². The number of hydrogen-bond donors (Lipinski definition) is 3. The van der Waals surface area contributed by atoms with E-state index in [1.807, 2.05) is 11.8 Å². The van der Waals surface area contributed by atoms with E-state index in [9.17, 15) is 4.79 Å². The minimum absolute atomic E-state index is 0.0121. The lowest BCUT2D eigenvalue weighted by Crippen LogP contribution is -2.48. The second-order valence-electron chi connectivity index (χ2n) is 4.87. The van der Waals surface area contributed by atoms with Gasteiger partial charge in [-0.05, 0) is 44.4 Å². The lowest BCUT2D eigenvalue weighted by atomic mass is 10.1. The number of nitrogens with one attached hydrogen (secondary N) is 3. The van der Waals surface area contributed by atoms with E-state index >= 15 is 0 Å². The quantitative estimate of drug-likeness (QED) is 0.705. The Balaban J connectivity index is 1.68. The van der Waals surface area contributed by atoms with Gasteiger partial charge in [0.1, 0.15) is 0 Å². The standard InChI is InChI=1S/C12H23N3OS/c16-12(15-11-6-2-4-8-17-11)14-10-5-1-3-7-13-9-10/h10-11,13H,1-9H2,(H2,14,15,16). The van der Waals surface area contributed by atoms with E-state index in [1.54, 1.807) is 0 Å². The fraction of sp³-hybridized carbons (Fsp3) is 0.917. The normalized spacial score (nSPS) is 30.4. The molecule has 0 radical (unpaired) electrons. The summed E-state index contributed by atoms with van der Waals surface area (Å²) in [5.74, 6) is 1.18. The average Bonchev–Trinajstić information content (AvgIpc) is 2.59. The van der Waals surface area contributed by atoms with Crippen molar-refractivity contribution in [2.45, 2.75) is 49.9 Å². The molecule has 0 saturated carbocycles. The van der Waals surface area contributed by atoms with Crippen LogP contribution in [0.25, 0.3) is 0 Å². The minimum Gasteiger partial charge on any atom is -0.334 e. The van der Waals surface area contributed by atoms with Gasteiger partial charge in [0.25, 0.3) is 0 Å². The summed E-state index contributed by atoms with van der Waals surface area (Å²) in [6.45, 7) is 1.99. The summed E-state index contributed by atoms with van der Waals surface area (Å²) >= 11 is 1.87. The Morgan fingerprint density at radius 3 is 2.82 bits per heavy atom. The van der Waals surface area contributed by atoms with Crippen LogP contribution in [0.4, 0.5) is 4.79 Å². The maximum absolute atomic E-state index is 11.8. The Morgan fingerprint density at radius 2 is 2.00 bits per heavy atom. The molecule has 2 aliphatic rings. The highest BCUT2D eigenvalue weighted by atomic mass is 32.2. The first kappa shape index (κ1) is 13.0. The van der Waals surface area contributed by atoms with Gasteiger partial charge in [0.15, 0.2) is 0 Å².